The fraction of sp³-hybridized carbons (Fsp3) is 0.316. The van der Waals surface area contributed by atoms with Crippen molar-refractivity contribution in [3.05, 3.63) is 48.4 Å². The van der Waals surface area contributed by atoms with Gasteiger partial charge >= 0.3 is 0 Å². The van der Waals surface area contributed by atoms with E-state index in [1.165, 1.54) is 0 Å². The minimum Gasteiger partial charge on any atom is -0.364 e. The van der Waals surface area contributed by atoms with E-state index in [1.54, 1.807) is 17.1 Å². The van der Waals surface area contributed by atoms with Gasteiger partial charge in [0.1, 0.15) is 0 Å². The summed E-state index contributed by atoms with van der Waals surface area (Å²) in [7, 11) is 0. The number of rotatable bonds is 6. The van der Waals surface area contributed by atoms with Crippen LogP contribution in [0.4, 0.5) is 17.5 Å². The van der Waals surface area contributed by atoms with Crippen LogP contribution >= 0.6 is 0 Å². The van der Waals surface area contributed by atoms with Crippen molar-refractivity contribution in [3.8, 4) is 5.69 Å². The van der Waals surface area contributed by atoms with Crippen LogP contribution in [0.5, 0.6) is 0 Å². The Morgan fingerprint density at radius 2 is 1.93 bits per heavy atom. The van der Waals surface area contributed by atoms with Crippen molar-refractivity contribution >= 4 is 23.4 Å². The molecule has 1 fully saturated rings. The molecule has 1 amide bonds. The number of carbonyl (C=O) groups excluding carboxylic acids is 1. The highest BCUT2D eigenvalue weighted by molar-refractivity contribution is 5.96. The lowest BCUT2D eigenvalue weighted by atomic mass is 9.91. The molecule has 0 aliphatic heterocycles. The second-order valence-electron chi connectivity index (χ2n) is 7.03. The molecule has 29 heavy (non-hydrogen) atoms. The van der Waals surface area contributed by atoms with E-state index in [2.05, 4.69) is 30.9 Å². The Morgan fingerprint density at radius 3 is 2.69 bits per heavy atom. The molecular weight excluding hydrogens is 370 g/mol. The van der Waals surface area contributed by atoms with Crippen LogP contribution in [0.2, 0.25) is 0 Å². The molecule has 0 bridgehead atoms. The lowest BCUT2D eigenvalue weighted by Crippen LogP contribution is -2.43. The zero-order valence-corrected chi connectivity index (χ0v) is 15.8. The summed E-state index contributed by atoms with van der Waals surface area (Å²) in [5.41, 5.74) is 13.1. The predicted octanol–water partition coefficient (Wildman–Crippen LogP) is 1.58. The van der Waals surface area contributed by atoms with Crippen LogP contribution in [0, 0.1) is 0 Å². The minimum absolute atomic E-state index is 0.0312. The van der Waals surface area contributed by atoms with E-state index in [-0.39, 0.29) is 23.6 Å². The molecule has 1 aliphatic rings. The third-order valence-corrected chi connectivity index (χ3v) is 4.92. The molecular formula is C19H23N9O. The van der Waals surface area contributed by atoms with E-state index in [0.717, 1.165) is 31.4 Å². The minimum atomic E-state index is -0.719. The number of aromatic nitrogens is 5. The van der Waals surface area contributed by atoms with Crippen molar-refractivity contribution < 1.29 is 4.79 Å². The first-order chi connectivity index (χ1) is 14.1. The monoisotopic (exact) mass is 393 g/mol. The van der Waals surface area contributed by atoms with Gasteiger partial charge in [-0.1, -0.05) is 31.0 Å². The van der Waals surface area contributed by atoms with E-state index in [0.29, 0.717) is 11.6 Å². The van der Waals surface area contributed by atoms with Gasteiger partial charge in [-0.05, 0) is 25.0 Å². The predicted molar refractivity (Wildman–Crippen MR) is 109 cm³/mol. The van der Waals surface area contributed by atoms with Crippen LogP contribution in [-0.4, -0.2) is 43.0 Å². The molecule has 2 aromatic heterocycles. The SMILES string of the molecule is NC(=O)c1nnc(N[C@@H]2CCCC[C@@H]2N)nc1Nc1cnn(-c2ccccc2)c1. The van der Waals surface area contributed by atoms with Gasteiger partial charge in [0.2, 0.25) is 5.95 Å². The largest absolute Gasteiger partial charge is 0.364 e. The van der Waals surface area contributed by atoms with Crippen LogP contribution in [0.25, 0.3) is 5.69 Å². The van der Waals surface area contributed by atoms with E-state index in [9.17, 15) is 4.79 Å². The van der Waals surface area contributed by atoms with Crippen LogP contribution in [0.1, 0.15) is 36.2 Å². The third-order valence-electron chi connectivity index (χ3n) is 4.92. The quantitative estimate of drug-likeness (QED) is 0.493. The number of primary amides is 1. The average Bonchev–Trinajstić information content (AvgIpc) is 3.19. The molecule has 1 aromatic carbocycles. The normalized spacial score (nSPS) is 18.9. The van der Waals surface area contributed by atoms with Gasteiger partial charge in [-0.15, -0.1) is 10.2 Å². The van der Waals surface area contributed by atoms with Crippen molar-refractivity contribution in [3.63, 3.8) is 0 Å². The molecule has 10 nitrogen and oxygen atoms in total. The summed E-state index contributed by atoms with van der Waals surface area (Å²) in [6.45, 7) is 0. The first kappa shape index (κ1) is 18.8. The molecule has 2 heterocycles. The van der Waals surface area contributed by atoms with Gasteiger partial charge in [-0.2, -0.15) is 10.1 Å². The molecule has 1 saturated carbocycles. The first-order valence-electron chi connectivity index (χ1n) is 9.54. The van der Waals surface area contributed by atoms with Crippen LogP contribution in [-0.2, 0) is 0 Å². The number of benzene rings is 1. The Balaban J connectivity index is 1.57. The summed E-state index contributed by atoms with van der Waals surface area (Å²) in [5, 5.41) is 18.6. The summed E-state index contributed by atoms with van der Waals surface area (Å²) in [6, 6.07) is 9.77. The molecule has 6 N–H and O–H groups in total. The highest BCUT2D eigenvalue weighted by atomic mass is 16.1. The highest BCUT2D eigenvalue weighted by Gasteiger charge is 2.23. The zero-order valence-electron chi connectivity index (χ0n) is 15.8. The Hall–Kier alpha value is -3.53. The highest BCUT2D eigenvalue weighted by Crippen LogP contribution is 2.22. The summed E-state index contributed by atoms with van der Waals surface area (Å²) in [5.74, 6) is -0.203. The molecule has 0 saturated heterocycles. The number of nitrogens with one attached hydrogen (secondary N) is 2. The number of hydrogen-bond donors (Lipinski definition) is 4. The maximum atomic E-state index is 11.8. The second-order valence-corrected chi connectivity index (χ2v) is 7.03. The van der Waals surface area contributed by atoms with Gasteiger partial charge in [-0.25, -0.2) is 4.68 Å². The van der Waals surface area contributed by atoms with Crippen molar-refractivity contribution in [2.45, 2.75) is 37.8 Å². The summed E-state index contributed by atoms with van der Waals surface area (Å²) < 4.78 is 1.71. The molecule has 1 aliphatic carbocycles. The average molecular weight is 393 g/mol. The number of anilines is 3. The number of carbonyl (C=O) groups is 1. The van der Waals surface area contributed by atoms with Crippen LogP contribution in [0.3, 0.4) is 0 Å². The van der Waals surface area contributed by atoms with Gasteiger partial charge in [0.15, 0.2) is 11.5 Å². The summed E-state index contributed by atoms with van der Waals surface area (Å²) in [4.78, 5) is 16.2. The molecule has 3 aromatic rings. The molecule has 0 spiro atoms. The fourth-order valence-electron chi connectivity index (χ4n) is 3.39. The van der Waals surface area contributed by atoms with Gasteiger partial charge in [0, 0.05) is 12.1 Å². The van der Waals surface area contributed by atoms with E-state index in [1.807, 2.05) is 30.3 Å². The van der Waals surface area contributed by atoms with Crippen molar-refractivity contribution in [2.75, 3.05) is 10.6 Å². The van der Waals surface area contributed by atoms with Crippen molar-refractivity contribution in [2.24, 2.45) is 11.5 Å². The van der Waals surface area contributed by atoms with Crippen molar-refractivity contribution in [1.82, 2.24) is 25.0 Å². The van der Waals surface area contributed by atoms with Crippen molar-refractivity contribution in [1.29, 1.82) is 0 Å². The van der Waals surface area contributed by atoms with Crippen LogP contribution in [0.15, 0.2) is 42.7 Å². The molecule has 10 heteroatoms. The Morgan fingerprint density at radius 1 is 1.14 bits per heavy atom. The van der Waals surface area contributed by atoms with Gasteiger partial charge < -0.3 is 22.1 Å². The molecule has 150 valence electrons. The topological polar surface area (TPSA) is 150 Å². The Labute approximate surface area is 167 Å². The lowest BCUT2D eigenvalue weighted by Gasteiger charge is -2.29. The van der Waals surface area contributed by atoms with Crippen LogP contribution < -0.4 is 22.1 Å². The third kappa shape index (κ3) is 4.32. The van der Waals surface area contributed by atoms with Gasteiger partial charge in [0.25, 0.3) is 5.91 Å². The van der Waals surface area contributed by atoms with Gasteiger partial charge in [-0.3, -0.25) is 4.79 Å². The number of nitrogens with two attached hydrogens (primary N) is 2. The Bertz CT molecular complexity index is 988. The smallest absolute Gasteiger partial charge is 0.273 e. The summed E-state index contributed by atoms with van der Waals surface area (Å²) in [6.07, 6.45) is 7.53. The number of amides is 1. The molecule has 4 rings (SSSR count). The lowest BCUT2D eigenvalue weighted by molar-refractivity contribution is 0.0995. The van der Waals surface area contributed by atoms with E-state index < -0.39 is 5.91 Å². The maximum absolute atomic E-state index is 11.8. The number of nitrogens with zero attached hydrogens (tertiary/aromatic N) is 5. The maximum Gasteiger partial charge on any atom is 0.273 e. The molecule has 0 radical (unpaired) electrons. The first-order valence-corrected chi connectivity index (χ1v) is 9.54. The Kier molecular flexibility index (Phi) is 5.34. The standard InChI is InChI=1S/C19H23N9O/c20-14-8-4-5-9-15(14)24-19-25-18(16(17(21)29)26-27-19)23-12-10-22-28(11-12)13-6-2-1-3-7-13/h1-3,6-7,10-11,14-15H,4-5,8-9,20H2,(H2,21,29)(H2,23,24,25,27)/t14-,15+/m0/s1. The number of hydrogen-bond acceptors (Lipinski definition) is 8. The number of para-hydroxylation sites is 1. The summed E-state index contributed by atoms with van der Waals surface area (Å²) >= 11 is 0. The second kappa shape index (κ2) is 8.23. The molecule has 2 atom stereocenters. The van der Waals surface area contributed by atoms with Gasteiger partial charge in [0.05, 0.1) is 23.8 Å². The van der Waals surface area contributed by atoms with E-state index in [4.69, 9.17) is 11.5 Å². The zero-order chi connectivity index (χ0) is 20.2. The van der Waals surface area contributed by atoms with E-state index >= 15 is 0 Å². The fourth-order valence-corrected chi connectivity index (χ4v) is 3.39. The molecule has 0 unspecified atom stereocenters.